The zero-order chi connectivity index (χ0) is 19.5. The highest BCUT2D eigenvalue weighted by Crippen LogP contribution is 2.29. The van der Waals surface area contributed by atoms with Crippen LogP contribution in [0.2, 0.25) is 0 Å². The molecule has 0 radical (unpaired) electrons. The fourth-order valence-electron chi connectivity index (χ4n) is 3.74. The van der Waals surface area contributed by atoms with Gasteiger partial charge in [0.25, 0.3) is 11.8 Å². The van der Waals surface area contributed by atoms with Crippen molar-refractivity contribution >= 4 is 23.2 Å². The quantitative estimate of drug-likeness (QED) is 0.851. The van der Waals surface area contributed by atoms with Crippen molar-refractivity contribution in [3.05, 3.63) is 53.6 Å². The number of anilines is 2. The molecule has 2 aromatic rings. The molecular formula is C22H25N3O3. The number of piperidine rings is 1. The van der Waals surface area contributed by atoms with Gasteiger partial charge in [-0.15, -0.1) is 0 Å². The molecular weight excluding hydrogens is 354 g/mol. The van der Waals surface area contributed by atoms with E-state index in [2.05, 4.69) is 34.6 Å². The topological polar surface area (TPSA) is 70.7 Å². The van der Waals surface area contributed by atoms with Crippen LogP contribution in [0.25, 0.3) is 0 Å². The maximum absolute atomic E-state index is 12.5. The van der Waals surface area contributed by atoms with Crippen LogP contribution < -0.4 is 15.4 Å². The molecule has 0 bridgehead atoms. The third-order valence-corrected chi connectivity index (χ3v) is 5.41. The van der Waals surface area contributed by atoms with Gasteiger partial charge in [-0.3, -0.25) is 14.5 Å². The van der Waals surface area contributed by atoms with Crippen LogP contribution in [0.3, 0.4) is 0 Å². The van der Waals surface area contributed by atoms with Gasteiger partial charge in [0, 0.05) is 23.8 Å². The minimum atomic E-state index is -0.208. The van der Waals surface area contributed by atoms with Gasteiger partial charge < -0.3 is 15.4 Å². The number of carbonyl (C=O) groups is 2. The summed E-state index contributed by atoms with van der Waals surface area (Å²) in [6.45, 7) is 4.36. The maximum atomic E-state index is 12.5. The number of nitrogens with one attached hydrogen (secondary N) is 2. The van der Waals surface area contributed by atoms with E-state index in [1.54, 1.807) is 18.2 Å². The Bertz CT molecular complexity index is 879. The zero-order valence-electron chi connectivity index (χ0n) is 16.0. The molecule has 28 heavy (non-hydrogen) atoms. The molecule has 0 saturated carbocycles. The summed E-state index contributed by atoms with van der Waals surface area (Å²) in [4.78, 5) is 26.4. The van der Waals surface area contributed by atoms with Crippen LogP contribution in [-0.4, -0.2) is 35.9 Å². The lowest BCUT2D eigenvalue weighted by Crippen LogP contribution is -2.36. The van der Waals surface area contributed by atoms with Crippen LogP contribution in [0.1, 0.15) is 42.1 Å². The predicted octanol–water partition coefficient (Wildman–Crippen LogP) is 3.64. The number of ether oxygens (including phenoxy) is 1. The van der Waals surface area contributed by atoms with Crippen molar-refractivity contribution < 1.29 is 14.3 Å². The van der Waals surface area contributed by atoms with Crippen LogP contribution in [0.15, 0.2) is 42.5 Å². The highest BCUT2D eigenvalue weighted by molar-refractivity contribution is 6.05. The van der Waals surface area contributed by atoms with E-state index >= 15 is 0 Å². The lowest BCUT2D eigenvalue weighted by Gasteiger charge is -2.33. The number of benzene rings is 2. The first-order chi connectivity index (χ1) is 13.6. The van der Waals surface area contributed by atoms with E-state index in [0.717, 1.165) is 18.8 Å². The molecule has 2 amide bonds. The van der Waals surface area contributed by atoms with E-state index < -0.39 is 0 Å². The second-order valence-corrected chi connectivity index (χ2v) is 7.51. The normalized spacial score (nSPS) is 19.3. The Morgan fingerprint density at radius 1 is 1.21 bits per heavy atom. The standard InChI is InChI=1S/C22H25N3O3/c1-15-4-2-3-11-25(15)13-16-5-8-18(9-6-16)23-22(27)17-7-10-19-20(12-17)28-14-21(26)24-19/h5-10,12,15H,2-4,11,13-14H2,1H3,(H,23,27)(H,24,26). The number of rotatable bonds is 4. The summed E-state index contributed by atoms with van der Waals surface area (Å²) in [5, 5.41) is 5.64. The monoisotopic (exact) mass is 379 g/mol. The summed E-state index contributed by atoms with van der Waals surface area (Å²) in [5.74, 6) is 0.114. The number of nitrogens with zero attached hydrogens (tertiary/aromatic N) is 1. The molecule has 6 nitrogen and oxygen atoms in total. The van der Waals surface area contributed by atoms with E-state index in [1.165, 1.54) is 24.8 Å². The van der Waals surface area contributed by atoms with E-state index in [4.69, 9.17) is 4.74 Å². The van der Waals surface area contributed by atoms with E-state index in [9.17, 15) is 9.59 Å². The Kier molecular flexibility index (Phi) is 5.30. The number of hydrogen-bond acceptors (Lipinski definition) is 4. The van der Waals surface area contributed by atoms with E-state index in [1.807, 2.05) is 12.1 Å². The van der Waals surface area contributed by atoms with Gasteiger partial charge in [0.05, 0.1) is 5.69 Å². The number of likely N-dealkylation sites (tertiary alicyclic amines) is 1. The number of hydrogen-bond donors (Lipinski definition) is 2. The maximum Gasteiger partial charge on any atom is 0.262 e. The van der Waals surface area contributed by atoms with Crippen LogP contribution in [0, 0.1) is 0 Å². The average molecular weight is 379 g/mol. The smallest absolute Gasteiger partial charge is 0.262 e. The number of amides is 2. The first-order valence-electron chi connectivity index (χ1n) is 9.79. The van der Waals surface area contributed by atoms with Crippen molar-refractivity contribution in [2.75, 3.05) is 23.8 Å². The third-order valence-electron chi connectivity index (χ3n) is 5.41. The third kappa shape index (κ3) is 4.17. The average Bonchev–Trinajstić information content (AvgIpc) is 2.70. The van der Waals surface area contributed by atoms with Crippen molar-refractivity contribution in [1.29, 1.82) is 0 Å². The largest absolute Gasteiger partial charge is 0.482 e. The van der Waals surface area contributed by atoms with Gasteiger partial charge in [-0.1, -0.05) is 18.6 Å². The number of fused-ring (bicyclic) bond motifs is 1. The fourth-order valence-corrected chi connectivity index (χ4v) is 3.74. The van der Waals surface area contributed by atoms with Crippen molar-refractivity contribution in [2.45, 2.75) is 38.8 Å². The molecule has 2 aromatic carbocycles. The first kappa shape index (κ1) is 18.5. The van der Waals surface area contributed by atoms with Crippen LogP contribution >= 0.6 is 0 Å². The Hall–Kier alpha value is -2.86. The van der Waals surface area contributed by atoms with E-state index in [-0.39, 0.29) is 18.4 Å². The molecule has 2 heterocycles. The Morgan fingerprint density at radius 2 is 2.04 bits per heavy atom. The summed E-state index contributed by atoms with van der Waals surface area (Å²) < 4.78 is 5.38. The fraction of sp³-hybridized carbons (Fsp3) is 0.364. The molecule has 1 saturated heterocycles. The molecule has 4 rings (SSSR count). The Balaban J connectivity index is 1.39. The molecule has 2 aliphatic heterocycles. The van der Waals surface area contributed by atoms with E-state index in [0.29, 0.717) is 23.0 Å². The van der Waals surface area contributed by atoms with Gasteiger partial charge in [0.2, 0.25) is 0 Å². The SMILES string of the molecule is CC1CCCCN1Cc1ccc(NC(=O)c2ccc3c(c2)OCC(=O)N3)cc1. The van der Waals surface area contributed by atoms with Gasteiger partial charge in [-0.05, 0) is 62.2 Å². The predicted molar refractivity (Wildman–Crippen MR) is 109 cm³/mol. The Labute approximate surface area is 164 Å². The highest BCUT2D eigenvalue weighted by atomic mass is 16.5. The molecule has 1 fully saturated rings. The highest BCUT2D eigenvalue weighted by Gasteiger charge is 2.19. The van der Waals surface area contributed by atoms with Gasteiger partial charge >= 0.3 is 0 Å². The molecule has 0 aliphatic carbocycles. The van der Waals surface area contributed by atoms with Gasteiger partial charge in [0.1, 0.15) is 5.75 Å². The summed E-state index contributed by atoms with van der Waals surface area (Å²) in [5.41, 5.74) is 3.09. The molecule has 2 N–H and O–H groups in total. The minimum absolute atomic E-state index is 0.0326. The molecule has 0 spiro atoms. The molecule has 6 heteroatoms. The first-order valence-corrected chi connectivity index (χ1v) is 9.79. The van der Waals surface area contributed by atoms with Gasteiger partial charge in [-0.2, -0.15) is 0 Å². The van der Waals surface area contributed by atoms with Crippen LogP contribution in [0.4, 0.5) is 11.4 Å². The lowest BCUT2D eigenvalue weighted by molar-refractivity contribution is -0.118. The number of carbonyl (C=O) groups excluding carboxylic acids is 2. The summed E-state index contributed by atoms with van der Waals surface area (Å²) in [6.07, 6.45) is 3.86. The van der Waals surface area contributed by atoms with Crippen molar-refractivity contribution in [1.82, 2.24) is 4.90 Å². The van der Waals surface area contributed by atoms with Gasteiger partial charge in [0.15, 0.2) is 6.61 Å². The van der Waals surface area contributed by atoms with Crippen LogP contribution in [-0.2, 0) is 11.3 Å². The second-order valence-electron chi connectivity index (χ2n) is 7.51. The molecule has 1 atom stereocenters. The zero-order valence-corrected chi connectivity index (χ0v) is 16.0. The van der Waals surface area contributed by atoms with Gasteiger partial charge in [-0.25, -0.2) is 0 Å². The second kappa shape index (κ2) is 8.02. The van der Waals surface area contributed by atoms with Crippen molar-refractivity contribution in [2.24, 2.45) is 0 Å². The minimum Gasteiger partial charge on any atom is -0.482 e. The lowest BCUT2D eigenvalue weighted by atomic mass is 10.0. The molecule has 0 aromatic heterocycles. The summed E-state index contributed by atoms with van der Waals surface area (Å²) >= 11 is 0. The molecule has 2 aliphatic rings. The molecule has 1 unspecified atom stereocenters. The van der Waals surface area contributed by atoms with Crippen LogP contribution in [0.5, 0.6) is 5.75 Å². The summed E-state index contributed by atoms with van der Waals surface area (Å²) in [7, 11) is 0. The van der Waals surface area contributed by atoms with Crippen molar-refractivity contribution in [3.8, 4) is 5.75 Å². The Morgan fingerprint density at radius 3 is 2.82 bits per heavy atom. The summed E-state index contributed by atoms with van der Waals surface area (Å²) in [6, 6.07) is 13.7. The van der Waals surface area contributed by atoms with Crippen molar-refractivity contribution in [3.63, 3.8) is 0 Å². The molecule has 146 valence electrons.